The molecule has 18 heavy (non-hydrogen) atoms. The summed E-state index contributed by atoms with van der Waals surface area (Å²) in [6, 6.07) is 6.69. The summed E-state index contributed by atoms with van der Waals surface area (Å²) in [5.74, 6) is 1.43. The smallest absolute Gasteiger partial charge is 0.272 e. The lowest BCUT2D eigenvalue weighted by Gasteiger charge is -2.08. The number of rotatable bonds is 3. The summed E-state index contributed by atoms with van der Waals surface area (Å²) in [5, 5.41) is 5.96. The summed E-state index contributed by atoms with van der Waals surface area (Å²) < 4.78 is 10.3. The number of methoxy groups -OCH3 is 2. The molecule has 0 saturated heterocycles. The van der Waals surface area contributed by atoms with Crippen LogP contribution in [0.1, 0.15) is 0 Å². The van der Waals surface area contributed by atoms with Crippen LogP contribution in [0.4, 0.5) is 5.82 Å². The Morgan fingerprint density at radius 1 is 1.11 bits per heavy atom. The summed E-state index contributed by atoms with van der Waals surface area (Å²) in [6.07, 6.45) is 0. The Labute approximate surface area is 103 Å². The first kappa shape index (κ1) is 12.0. The van der Waals surface area contributed by atoms with E-state index >= 15 is 0 Å². The average Bonchev–Trinajstić information content (AvgIpc) is 2.40. The van der Waals surface area contributed by atoms with Crippen molar-refractivity contribution in [3.63, 3.8) is 0 Å². The number of hydrogen-bond donors (Lipinski definition) is 2. The summed E-state index contributed by atoms with van der Waals surface area (Å²) >= 11 is 0. The van der Waals surface area contributed by atoms with Gasteiger partial charge in [0.15, 0.2) is 0 Å². The summed E-state index contributed by atoms with van der Waals surface area (Å²) in [7, 11) is 3.09. The molecule has 1 aromatic heterocycles. The molecular formula is C12H13N3O3. The van der Waals surface area contributed by atoms with Crippen molar-refractivity contribution >= 4 is 5.82 Å². The molecule has 0 spiro atoms. The number of benzene rings is 1. The van der Waals surface area contributed by atoms with E-state index in [0.29, 0.717) is 22.6 Å². The predicted molar refractivity (Wildman–Crippen MR) is 67.8 cm³/mol. The Morgan fingerprint density at radius 2 is 1.72 bits per heavy atom. The van der Waals surface area contributed by atoms with Crippen LogP contribution >= 0.6 is 0 Å². The second-order valence-corrected chi connectivity index (χ2v) is 3.64. The molecule has 6 heteroatoms. The highest BCUT2D eigenvalue weighted by molar-refractivity contribution is 5.68. The van der Waals surface area contributed by atoms with E-state index in [2.05, 4.69) is 10.2 Å². The minimum Gasteiger partial charge on any atom is -0.497 e. The van der Waals surface area contributed by atoms with Gasteiger partial charge in [-0.15, -0.1) is 0 Å². The molecule has 6 nitrogen and oxygen atoms in total. The number of ether oxygens (including phenoxy) is 2. The fourth-order valence-electron chi connectivity index (χ4n) is 1.60. The Morgan fingerprint density at radius 3 is 2.28 bits per heavy atom. The van der Waals surface area contributed by atoms with Crippen LogP contribution in [0.5, 0.6) is 11.5 Å². The molecule has 1 heterocycles. The van der Waals surface area contributed by atoms with Gasteiger partial charge in [0.2, 0.25) is 0 Å². The number of aromatic amines is 1. The van der Waals surface area contributed by atoms with Gasteiger partial charge in [-0.3, -0.25) is 4.79 Å². The molecule has 0 bridgehead atoms. The van der Waals surface area contributed by atoms with Crippen LogP contribution in [0.3, 0.4) is 0 Å². The molecule has 0 saturated carbocycles. The first-order chi connectivity index (χ1) is 8.63. The average molecular weight is 247 g/mol. The minimum atomic E-state index is -0.320. The van der Waals surface area contributed by atoms with Gasteiger partial charge in [0, 0.05) is 6.07 Å². The third-order valence-electron chi connectivity index (χ3n) is 2.49. The Hall–Kier alpha value is -2.50. The lowest BCUT2D eigenvalue weighted by atomic mass is 10.1. The van der Waals surface area contributed by atoms with E-state index < -0.39 is 0 Å². The highest BCUT2D eigenvalue weighted by atomic mass is 16.5. The van der Waals surface area contributed by atoms with Gasteiger partial charge in [-0.05, 0) is 23.8 Å². The van der Waals surface area contributed by atoms with Crippen LogP contribution < -0.4 is 20.8 Å². The zero-order valence-electron chi connectivity index (χ0n) is 10.1. The number of nitrogens with one attached hydrogen (secondary N) is 1. The van der Waals surface area contributed by atoms with Crippen molar-refractivity contribution in [1.29, 1.82) is 0 Å². The molecule has 0 aliphatic rings. The molecule has 3 N–H and O–H groups in total. The quantitative estimate of drug-likeness (QED) is 0.845. The van der Waals surface area contributed by atoms with Crippen molar-refractivity contribution in [1.82, 2.24) is 10.2 Å². The second kappa shape index (κ2) is 4.79. The van der Waals surface area contributed by atoms with Gasteiger partial charge in [-0.1, -0.05) is 0 Å². The van der Waals surface area contributed by atoms with E-state index in [9.17, 15) is 4.79 Å². The molecule has 2 rings (SSSR count). The molecular weight excluding hydrogens is 234 g/mol. The number of nitrogens with zero attached hydrogens (tertiary/aromatic N) is 1. The SMILES string of the molecule is COc1cc(OC)cc(-c2cc(N)n[nH]c2=O)c1. The maximum atomic E-state index is 11.7. The van der Waals surface area contributed by atoms with E-state index in [1.807, 2.05) is 0 Å². The molecule has 0 fully saturated rings. The molecule has 1 aromatic carbocycles. The minimum absolute atomic E-state index is 0.242. The van der Waals surface area contributed by atoms with E-state index in [1.165, 1.54) is 6.07 Å². The molecule has 0 aliphatic carbocycles. The van der Waals surface area contributed by atoms with Crippen LogP contribution in [-0.4, -0.2) is 24.4 Å². The Kier molecular flexibility index (Phi) is 3.18. The summed E-state index contributed by atoms with van der Waals surface area (Å²) in [5.41, 5.74) is 6.31. The lowest BCUT2D eigenvalue weighted by Crippen LogP contribution is -2.12. The highest BCUT2D eigenvalue weighted by Gasteiger charge is 2.08. The van der Waals surface area contributed by atoms with Gasteiger partial charge in [0.05, 0.1) is 19.8 Å². The molecule has 0 radical (unpaired) electrons. The van der Waals surface area contributed by atoms with Gasteiger partial charge in [-0.2, -0.15) is 5.10 Å². The topological polar surface area (TPSA) is 90.2 Å². The van der Waals surface area contributed by atoms with E-state index in [-0.39, 0.29) is 11.4 Å². The van der Waals surface area contributed by atoms with E-state index in [4.69, 9.17) is 15.2 Å². The molecule has 0 aliphatic heterocycles. The largest absolute Gasteiger partial charge is 0.497 e. The van der Waals surface area contributed by atoms with Crippen molar-refractivity contribution in [2.45, 2.75) is 0 Å². The number of nitrogens with two attached hydrogens (primary N) is 1. The highest BCUT2D eigenvalue weighted by Crippen LogP contribution is 2.28. The van der Waals surface area contributed by atoms with Crippen molar-refractivity contribution < 1.29 is 9.47 Å². The van der Waals surface area contributed by atoms with Crippen molar-refractivity contribution in [3.05, 3.63) is 34.6 Å². The molecule has 0 unspecified atom stereocenters. The summed E-state index contributed by atoms with van der Waals surface area (Å²) in [4.78, 5) is 11.7. The van der Waals surface area contributed by atoms with E-state index in [0.717, 1.165) is 0 Å². The lowest BCUT2D eigenvalue weighted by molar-refractivity contribution is 0.394. The van der Waals surface area contributed by atoms with Crippen LogP contribution in [0, 0.1) is 0 Å². The van der Waals surface area contributed by atoms with Crippen LogP contribution in [0.2, 0.25) is 0 Å². The third-order valence-corrected chi connectivity index (χ3v) is 2.49. The Bertz CT molecular complexity index is 600. The predicted octanol–water partition coefficient (Wildman–Crippen LogP) is 1.04. The van der Waals surface area contributed by atoms with E-state index in [1.54, 1.807) is 32.4 Å². The number of H-pyrrole nitrogens is 1. The maximum Gasteiger partial charge on any atom is 0.272 e. The number of aromatic nitrogens is 2. The van der Waals surface area contributed by atoms with Crippen molar-refractivity contribution in [3.8, 4) is 22.6 Å². The first-order valence-corrected chi connectivity index (χ1v) is 5.22. The van der Waals surface area contributed by atoms with Crippen molar-refractivity contribution in [2.24, 2.45) is 0 Å². The van der Waals surface area contributed by atoms with Crippen LogP contribution in [0.15, 0.2) is 29.1 Å². The first-order valence-electron chi connectivity index (χ1n) is 5.22. The van der Waals surface area contributed by atoms with Crippen LogP contribution in [-0.2, 0) is 0 Å². The zero-order chi connectivity index (χ0) is 13.1. The fraction of sp³-hybridized carbons (Fsp3) is 0.167. The monoisotopic (exact) mass is 247 g/mol. The maximum absolute atomic E-state index is 11.7. The Balaban J connectivity index is 2.62. The zero-order valence-corrected chi connectivity index (χ0v) is 10.1. The van der Waals surface area contributed by atoms with Gasteiger partial charge in [-0.25, -0.2) is 5.10 Å². The number of nitrogen functional groups attached to an aromatic ring is 1. The second-order valence-electron chi connectivity index (χ2n) is 3.64. The standard InChI is InChI=1S/C12H13N3O3/c1-17-8-3-7(4-9(5-8)18-2)10-6-11(13)14-15-12(10)16/h3-6H,1-2H3,(H2,13,14)(H,15,16). The van der Waals surface area contributed by atoms with Gasteiger partial charge in [0.25, 0.3) is 5.56 Å². The molecule has 0 amide bonds. The summed E-state index contributed by atoms with van der Waals surface area (Å²) in [6.45, 7) is 0. The van der Waals surface area contributed by atoms with Gasteiger partial charge < -0.3 is 15.2 Å². The molecule has 2 aromatic rings. The number of hydrogen-bond acceptors (Lipinski definition) is 5. The van der Waals surface area contributed by atoms with Crippen molar-refractivity contribution in [2.75, 3.05) is 20.0 Å². The fourth-order valence-corrected chi connectivity index (χ4v) is 1.60. The molecule has 94 valence electrons. The van der Waals surface area contributed by atoms with Gasteiger partial charge >= 0.3 is 0 Å². The van der Waals surface area contributed by atoms with Gasteiger partial charge in [0.1, 0.15) is 17.3 Å². The third kappa shape index (κ3) is 2.27. The normalized spacial score (nSPS) is 10.1. The van der Waals surface area contributed by atoms with Crippen LogP contribution in [0.25, 0.3) is 11.1 Å². The number of anilines is 1. The molecule has 0 atom stereocenters.